The molecule has 0 unspecified atom stereocenters. The number of ether oxygens (including phenoxy) is 1. The smallest absolute Gasteiger partial charge is 0.337 e. The summed E-state index contributed by atoms with van der Waals surface area (Å²) in [5.74, 6) is 0.794. The number of hydrogen-bond donors (Lipinski definition) is 1. The fraction of sp³-hybridized carbons (Fsp3) is 0.286. The summed E-state index contributed by atoms with van der Waals surface area (Å²) in [5.41, 5.74) is 2.76. The number of rotatable bonds is 3. The Morgan fingerprint density at radius 2 is 2.29 bits per heavy atom. The summed E-state index contributed by atoms with van der Waals surface area (Å²) in [5, 5.41) is 15.0. The molecule has 4 rings (SSSR count). The molecule has 0 saturated heterocycles. The first-order chi connectivity index (χ1) is 10.3. The molecule has 0 bridgehead atoms. The van der Waals surface area contributed by atoms with Crippen molar-refractivity contribution in [1.29, 1.82) is 0 Å². The van der Waals surface area contributed by atoms with Crippen molar-refractivity contribution in [3.8, 4) is 5.95 Å². The van der Waals surface area contributed by atoms with Crippen LogP contribution in [-0.4, -0.2) is 38.3 Å². The van der Waals surface area contributed by atoms with Gasteiger partial charge in [-0.2, -0.15) is 0 Å². The molecule has 2 aromatic heterocycles. The summed E-state index contributed by atoms with van der Waals surface area (Å²) in [6.45, 7) is 0. The molecule has 3 aromatic rings. The van der Waals surface area contributed by atoms with Gasteiger partial charge in [-0.05, 0) is 52.9 Å². The second kappa shape index (κ2) is 4.41. The number of carbonyl (C=O) groups is 1. The minimum atomic E-state index is -0.326. The SMILES string of the molecule is COC(=O)c1ccc2c(c1)c(C1CC1)cn2-c1nnn[nH]1. The summed E-state index contributed by atoms with van der Waals surface area (Å²) in [6.07, 6.45) is 4.40. The number of nitrogens with one attached hydrogen (secondary N) is 1. The first kappa shape index (κ1) is 12.1. The number of nitrogens with zero attached hydrogens (tertiary/aromatic N) is 4. The number of aromatic amines is 1. The maximum Gasteiger partial charge on any atom is 0.337 e. The Morgan fingerprint density at radius 1 is 1.43 bits per heavy atom. The zero-order chi connectivity index (χ0) is 14.4. The van der Waals surface area contributed by atoms with Gasteiger partial charge in [0.1, 0.15) is 0 Å². The molecule has 1 N–H and O–H groups in total. The van der Waals surface area contributed by atoms with Crippen LogP contribution in [0.15, 0.2) is 24.4 Å². The lowest BCUT2D eigenvalue weighted by atomic mass is 10.1. The third-order valence-corrected chi connectivity index (χ3v) is 3.84. The van der Waals surface area contributed by atoms with Crippen LogP contribution >= 0.6 is 0 Å². The highest BCUT2D eigenvalue weighted by Crippen LogP contribution is 2.44. The van der Waals surface area contributed by atoms with Gasteiger partial charge in [-0.15, -0.1) is 0 Å². The molecular weight excluding hydrogens is 270 g/mol. The minimum Gasteiger partial charge on any atom is -0.465 e. The Kier molecular flexibility index (Phi) is 2.53. The lowest BCUT2D eigenvalue weighted by Crippen LogP contribution is -2.01. The molecule has 0 amide bonds. The molecule has 21 heavy (non-hydrogen) atoms. The number of H-pyrrole nitrogens is 1. The van der Waals surface area contributed by atoms with E-state index in [1.54, 1.807) is 6.07 Å². The van der Waals surface area contributed by atoms with E-state index in [0.717, 1.165) is 10.9 Å². The van der Waals surface area contributed by atoms with Crippen LogP contribution in [0, 0.1) is 0 Å². The molecule has 0 atom stereocenters. The summed E-state index contributed by atoms with van der Waals surface area (Å²) in [4.78, 5) is 11.7. The van der Waals surface area contributed by atoms with E-state index in [1.165, 1.54) is 25.5 Å². The van der Waals surface area contributed by atoms with E-state index in [1.807, 2.05) is 22.9 Å². The van der Waals surface area contributed by atoms with Gasteiger partial charge in [0.2, 0.25) is 0 Å². The Hall–Kier alpha value is -2.70. The van der Waals surface area contributed by atoms with Gasteiger partial charge < -0.3 is 4.74 Å². The lowest BCUT2D eigenvalue weighted by molar-refractivity contribution is 0.0601. The predicted octanol–water partition coefficient (Wildman–Crippen LogP) is 1.81. The number of benzene rings is 1. The summed E-state index contributed by atoms with van der Waals surface area (Å²) in [6, 6.07) is 5.54. The van der Waals surface area contributed by atoms with E-state index in [-0.39, 0.29) is 5.97 Å². The molecule has 1 fully saturated rings. The second-order valence-electron chi connectivity index (χ2n) is 5.18. The van der Waals surface area contributed by atoms with E-state index in [9.17, 15) is 4.79 Å². The molecular formula is C14H13N5O2. The molecule has 0 aliphatic heterocycles. The first-order valence-corrected chi connectivity index (χ1v) is 6.75. The van der Waals surface area contributed by atoms with Crippen molar-refractivity contribution in [2.75, 3.05) is 7.11 Å². The number of aromatic nitrogens is 5. The number of esters is 1. The van der Waals surface area contributed by atoms with Crippen LogP contribution < -0.4 is 0 Å². The molecule has 0 spiro atoms. The Bertz CT molecular complexity index is 817. The van der Waals surface area contributed by atoms with Gasteiger partial charge in [-0.3, -0.25) is 4.57 Å². The average Bonchev–Trinajstić information content (AvgIpc) is 3.08. The molecule has 1 aliphatic carbocycles. The van der Waals surface area contributed by atoms with Crippen molar-refractivity contribution in [2.24, 2.45) is 0 Å². The minimum absolute atomic E-state index is 0.326. The van der Waals surface area contributed by atoms with Crippen molar-refractivity contribution < 1.29 is 9.53 Å². The maximum absolute atomic E-state index is 11.7. The highest BCUT2D eigenvalue weighted by molar-refractivity contribution is 5.96. The second-order valence-corrected chi connectivity index (χ2v) is 5.18. The van der Waals surface area contributed by atoms with Crippen LogP contribution in [0.2, 0.25) is 0 Å². The topological polar surface area (TPSA) is 85.7 Å². The summed E-state index contributed by atoms with van der Waals surface area (Å²) in [7, 11) is 1.39. The standard InChI is InChI=1S/C14H13N5O2/c1-21-13(20)9-4-5-12-10(6-9)11(8-2-3-8)7-19(12)14-15-17-18-16-14/h4-8H,2-3H2,1H3,(H,15,16,17,18). The van der Waals surface area contributed by atoms with Gasteiger partial charge in [0, 0.05) is 11.6 Å². The predicted molar refractivity (Wildman–Crippen MR) is 74.3 cm³/mol. The maximum atomic E-state index is 11.7. The molecule has 1 aliphatic rings. The van der Waals surface area contributed by atoms with Crippen LogP contribution in [0.4, 0.5) is 0 Å². The van der Waals surface area contributed by atoms with Crippen LogP contribution in [0.25, 0.3) is 16.9 Å². The molecule has 7 heteroatoms. The zero-order valence-corrected chi connectivity index (χ0v) is 11.4. The lowest BCUT2D eigenvalue weighted by Gasteiger charge is -2.02. The molecule has 2 heterocycles. The van der Waals surface area contributed by atoms with Gasteiger partial charge in [-0.25, -0.2) is 9.89 Å². The van der Waals surface area contributed by atoms with E-state index >= 15 is 0 Å². The number of fused-ring (bicyclic) bond motifs is 1. The fourth-order valence-corrected chi connectivity index (χ4v) is 2.65. The Morgan fingerprint density at radius 3 is 2.95 bits per heavy atom. The summed E-state index contributed by atoms with van der Waals surface area (Å²) < 4.78 is 6.72. The van der Waals surface area contributed by atoms with Gasteiger partial charge in [-0.1, -0.05) is 5.10 Å². The highest BCUT2D eigenvalue weighted by atomic mass is 16.5. The van der Waals surface area contributed by atoms with Crippen molar-refractivity contribution in [3.63, 3.8) is 0 Å². The van der Waals surface area contributed by atoms with E-state index in [4.69, 9.17) is 4.74 Å². The summed E-state index contributed by atoms with van der Waals surface area (Å²) >= 11 is 0. The Labute approximate surface area is 119 Å². The molecule has 106 valence electrons. The van der Waals surface area contributed by atoms with Crippen molar-refractivity contribution in [1.82, 2.24) is 25.2 Å². The van der Waals surface area contributed by atoms with E-state index < -0.39 is 0 Å². The quantitative estimate of drug-likeness (QED) is 0.741. The van der Waals surface area contributed by atoms with E-state index in [2.05, 4.69) is 20.6 Å². The monoisotopic (exact) mass is 283 g/mol. The number of carbonyl (C=O) groups excluding carboxylic acids is 1. The normalized spacial score (nSPS) is 14.5. The molecule has 0 radical (unpaired) electrons. The van der Waals surface area contributed by atoms with Gasteiger partial charge in [0.05, 0.1) is 18.2 Å². The Balaban J connectivity index is 1.95. The number of tetrazole rings is 1. The molecule has 7 nitrogen and oxygen atoms in total. The first-order valence-electron chi connectivity index (χ1n) is 6.75. The molecule has 1 saturated carbocycles. The third-order valence-electron chi connectivity index (χ3n) is 3.84. The van der Waals surface area contributed by atoms with Gasteiger partial charge in [0.15, 0.2) is 0 Å². The van der Waals surface area contributed by atoms with Crippen molar-refractivity contribution in [2.45, 2.75) is 18.8 Å². The van der Waals surface area contributed by atoms with Crippen molar-refractivity contribution in [3.05, 3.63) is 35.5 Å². The largest absolute Gasteiger partial charge is 0.465 e. The number of hydrogen-bond acceptors (Lipinski definition) is 5. The van der Waals surface area contributed by atoms with Gasteiger partial charge >= 0.3 is 5.97 Å². The van der Waals surface area contributed by atoms with Crippen LogP contribution in [0.1, 0.15) is 34.7 Å². The van der Waals surface area contributed by atoms with Crippen LogP contribution in [0.3, 0.4) is 0 Å². The highest BCUT2D eigenvalue weighted by Gasteiger charge is 2.28. The van der Waals surface area contributed by atoms with E-state index in [0.29, 0.717) is 17.4 Å². The molecule has 1 aromatic carbocycles. The number of methoxy groups -OCH3 is 1. The van der Waals surface area contributed by atoms with Crippen molar-refractivity contribution >= 4 is 16.9 Å². The zero-order valence-electron chi connectivity index (χ0n) is 11.4. The van der Waals surface area contributed by atoms with Gasteiger partial charge in [0.25, 0.3) is 5.95 Å². The average molecular weight is 283 g/mol. The van der Waals surface area contributed by atoms with Crippen LogP contribution in [0.5, 0.6) is 0 Å². The third kappa shape index (κ3) is 1.89. The van der Waals surface area contributed by atoms with Crippen LogP contribution in [-0.2, 0) is 4.74 Å². The fourth-order valence-electron chi connectivity index (χ4n) is 2.65.